The summed E-state index contributed by atoms with van der Waals surface area (Å²) in [5, 5.41) is 2.87. The predicted octanol–water partition coefficient (Wildman–Crippen LogP) is 0.934. The fourth-order valence-electron chi connectivity index (χ4n) is 2.83. The lowest BCUT2D eigenvalue weighted by atomic mass is 10.1. The van der Waals surface area contributed by atoms with E-state index in [1.807, 2.05) is 30.9 Å². The molecule has 126 valence electrons. The second-order valence-corrected chi connectivity index (χ2v) is 8.17. The van der Waals surface area contributed by atoms with E-state index in [2.05, 4.69) is 10.2 Å². The minimum Gasteiger partial charge on any atom is -0.468 e. The van der Waals surface area contributed by atoms with Crippen LogP contribution < -0.4 is 5.32 Å². The Balaban J connectivity index is 1.49. The quantitative estimate of drug-likeness (QED) is 0.889. The molecule has 2 aliphatic heterocycles. The number of thioether (sulfide) groups is 1. The van der Waals surface area contributed by atoms with E-state index in [4.69, 9.17) is 4.42 Å². The van der Waals surface area contributed by atoms with Gasteiger partial charge in [0.05, 0.1) is 17.6 Å². The monoisotopic (exact) mass is 337 g/mol. The molecule has 2 aliphatic rings. The second kappa shape index (κ2) is 6.57. The minimum absolute atomic E-state index is 0.0407. The van der Waals surface area contributed by atoms with Gasteiger partial charge in [-0.05, 0) is 26.0 Å². The van der Waals surface area contributed by atoms with Crippen molar-refractivity contribution in [3.8, 4) is 0 Å². The molecule has 2 fully saturated rings. The summed E-state index contributed by atoms with van der Waals surface area (Å²) in [7, 11) is 0. The summed E-state index contributed by atoms with van der Waals surface area (Å²) in [6.45, 7) is 7.60. The van der Waals surface area contributed by atoms with Crippen molar-refractivity contribution in [3.63, 3.8) is 0 Å². The van der Waals surface area contributed by atoms with Gasteiger partial charge >= 0.3 is 0 Å². The van der Waals surface area contributed by atoms with E-state index in [0.29, 0.717) is 18.8 Å². The number of amides is 2. The molecular weight excluding hydrogens is 314 g/mol. The Labute approximate surface area is 140 Å². The van der Waals surface area contributed by atoms with Crippen molar-refractivity contribution in [1.29, 1.82) is 0 Å². The Hall–Kier alpha value is -1.47. The molecule has 0 saturated carbocycles. The van der Waals surface area contributed by atoms with Crippen molar-refractivity contribution in [2.75, 3.05) is 31.9 Å². The number of rotatable bonds is 3. The Bertz CT molecular complexity index is 565. The summed E-state index contributed by atoms with van der Waals surface area (Å²) in [6, 6.07) is 3.46. The van der Waals surface area contributed by atoms with Crippen LogP contribution in [0.15, 0.2) is 22.8 Å². The maximum absolute atomic E-state index is 12.6. The van der Waals surface area contributed by atoms with Gasteiger partial charge in [0, 0.05) is 31.9 Å². The average Bonchev–Trinajstić information content (AvgIpc) is 3.03. The van der Waals surface area contributed by atoms with Crippen LogP contribution in [0.4, 0.5) is 0 Å². The summed E-state index contributed by atoms with van der Waals surface area (Å²) in [6.07, 6.45) is 1.68. The molecule has 1 aromatic heterocycles. The number of furan rings is 1. The second-order valence-electron chi connectivity index (χ2n) is 6.53. The van der Waals surface area contributed by atoms with Crippen molar-refractivity contribution in [3.05, 3.63) is 24.2 Å². The smallest absolute Gasteiger partial charge is 0.246 e. The molecule has 3 heterocycles. The minimum atomic E-state index is -0.446. The van der Waals surface area contributed by atoms with Crippen molar-refractivity contribution in [2.24, 2.45) is 0 Å². The molecule has 0 bridgehead atoms. The van der Waals surface area contributed by atoms with Gasteiger partial charge in [0.15, 0.2) is 0 Å². The molecule has 6 nitrogen and oxygen atoms in total. The SMILES string of the molecule is CC1(C)SC[C@H](C(=O)N2CCN(Cc3ccco3)CC2)NC1=O. The molecule has 2 saturated heterocycles. The van der Waals surface area contributed by atoms with Gasteiger partial charge in [-0.2, -0.15) is 0 Å². The fraction of sp³-hybridized carbons (Fsp3) is 0.625. The highest BCUT2D eigenvalue weighted by atomic mass is 32.2. The van der Waals surface area contributed by atoms with Crippen LogP contribution >= 0.6 is 11.8 Å². The number of piperazine rings is 1. The summed E-state index contributed by atoms with van der Waals surface area (Å²) in [5.41, 5.74) is 0. The number of hydrogen-bond donors (Lipinski definition) is 1. The Morgan fingerprint density at radius 2 is 2.13 bits per heavy atom. The Morgan fingerprint density at radius 3 is 2.74 bits per heavy atom. The number of nitrogens with zero attached hydrogens (tertiary/aromatic N) is 2. The molecule has 1 N–H and O–H groups in total. The van der Waals surface area contributed by atoms with Crippen LogP contribution in [0.5, 0.6) is 0 Å². The summed E-state index contributed by atoms with van der Waals surface area (Å²) in [5.74, 6) is 1.58. The number of nitrogens with one attached hydrogen (secondary N) is 1. The molecule has 3 rings (SSSR count). The van der Waals surface area contributed by atoms with Gasteiger partial charge in [-0.15, -0.1) is 11.8 Å². The number of hydrogen-bond acceptors (Lipinski definition) is 5. The molecule has 0 spiro atoms. The first-order chi connectivity index (χ1) is 11.0. The maximum atomic E-state index is 12.6. The van der Waals surface area contributed by atoms with Crippen LogP contribution in [0, 0.1) is 0 Å². The van der Waals surface area contributed by atoms with Gasteiger partial charge in [-0.3, -0.25) is 14.5 Å². The van der Waals surface area contributed by atoms with Gasteiger partial charge < -0.3 is 14.6 Å². The standard InChI is InChI=1S/C16H23N3O3S/c1-16(2)15(21)17-13(11-23-16)14(20)19-7-5-18(6-8-19)10-12-4-3-9-22-12/h3-4,9,13H,5-8,10-11H2,1-2H3,(H,17,21)/t13-/m1/s1. The highest BCUT2D eigenvalue weighted by Crippen LogP contribution is 2.29. The van der Waals surface area contributed by atoms with Gasteiger partial charge in [-0.25, -0.2) is 0 Å². The topological polar surface area (TPSA) is 65.8 Å². The van der Waals surface area contributed by atoms with Gasteiger partial charge in [0.1, 0.15) is 11.8 Å². The molecule has 7 heteroatoms. The first kappa shape index (κ1) is 16.4. The highest BCUT2D eigenvalue weighted by molar-refractivity contribution is 8.01. The third-order valence-electron chi connectivity index (χ3n) is 4.40. The lowest BCUT2D eigenvalue weighted by Crippen LogP contribution is -2.60. The van der Waals surface area contributed by atoms with E-state index in [-0.39, 0.29) is 11.8 Å². The Morgan fingerprint density at radius 1 is 1.39 bits per heavy atom. The van der Waals surface area contributed by atoms with Gasteiger partial charge in [-0.1, -0.05) is 0 Å². The Kier molecular flexibility index (Phi) is 4.68. The van der Waals surface area contributed by atoms with E-state index in [9.17, 15) is 9.59 Å². The van der Waals surface area contributed by atoms with Crippen LogP contribution in [-0.2, 0) is 16.1 Å². The summed E-state index contributed by atoms with van der Waals surface area (Å²) in [4.78, 5) is 28.8. The van der Waals surface area contributed by atoms with Crippen LogP contribution in [0.3, 0.4) is 0 Å². The molecule has 23 heavy (non-hydrogen) atoms. The average molecular weight is 337 g/mol. The number of carbonyl (C=O) groups excluding carboxylic acids is 2. The summed E-state index contributed by atoms with van der Waals surface area (Å²) >= 11 is 1.55. The van der Waals surface area contributed by atoms with Crippen LogP contribution in [0.1, 0.15) is 19.6 Å². The van der Waals surface area contributed by atoms with Crippen molar-refractivity contribution in [2.45, 2.75) is 31.2 Å². The normalized spacial score (nSPS) is 25.2. The summed E-state index contributed by atoms with van der Waals surface area (Å²) < 4.78 is 4.92. The lowest BCUT2D eigenvalue weighted by molar-refractivity contribution is -0.138. The lowest BCUT2D eigenvalue weighted by Gasteiger charge is -2.39. The van der Waals surface area contributed by atoms with Crippen LogP contribution in [0.25, 0.3) is 0 Å². The molecule has 0 aliphatic carbocycles. The molecule has 1 atom stereocenters. The molecular formula is C16H23N3O3S. The van der Waals surface area contributed by atoms with Crippen molar-refractivity contribution in [1.82, 2.24) is 15.1 Å². The third kappa shape index (κ3) is 3.72. The first-order valence-corrected chi connectivity index (χ1v) is 8.93. The van der Waals surface area contributed by atoms with E-state index < -0.39 is 10.8 Å². The molecule has 0 unspecified atom stereocenters. The number of carbonyl (C=O) groups is 2. The molecule has 0 aromatic carbocycles. The fourth-order valence-corrected chi connectivity index (χ4v) is 3.83. The van der Waals surface area contributed by atoms with E-state index in [1.165, 1.54) is 0 Å². The molecule has 1 aromatic rings. The first-order valence-electron chi connectivity index (χ1n) is 7.94. The van der Waals surface area contributed by atoms with Crippen molar-refractivity contribution >= 4 is 23.6 Å². The predicted molar refractivity (Wildman–Crippen MR) is 89.0 cm³/mol. The third-order valence-corrected chi connectivity index (χ3v) is 5.81. The highest BCUT2D eigenvalue weighted by Gasteiger charge is 2.39. The van der Waals surface area contributed by atoms with Gasteiger partial charge in [0.2, 0.25) is 11.8 Å². The zero-order valence-electron chi connectivity index (χ0n) is 13.6. The maximum Gasteiger partial charge on any atom is 0.246 e. The zero-order chi connectivity index (χ0) is 16.4. The van der Waals surface area contributed by atoms with E-state index >= 15 is 0 Å². The van der Waals surface area contributed by atoms with Crippen LogP contribution in [-0.4, -0.2) is 64.3 Å². The van der Waals surface area contributed by atoms with Gasteiger partial charge in [0.25, 0.3) is 0 Å². The van der Waals surface area contributed by atoms with Crippen LogP contribution in [0.2, 0.25) is 0 Å². The largest absolute Gasteiger partial charge is 0.468 e. The van der Waals surface area contributed by atoms with E-state index in [0.717, 1.165) is 25.4 Å². The molecule has 2 amide bonds. The molecule has 0 radical (unpaired) electrons. The van der Waals surface area contributed by atoms with Crippen molar-refractivity contribution < 1.29 is 14.0 Å². The van der Waals surface area contributed by atoms with E-state index in [1.54, 1.807) is 18.0 Å². The zero-order valence-corrected chi connectivity index (χ0v) is 14.4.